The molecule has 1 atom stereocenters. The largest absolute Gasteiger partial charge is 0.373 e. The molecule has 0 fully saturated rings. The van der Waals surface area contributed by atoms with Crippen LogP contribution in [0.3, 0.4) is 0 Å². The van der Waals surface area contributed by atoms with E-state index in [-0.39, 0.29) is 11.6 Å². The van der Waals surface area contributed by atoms with Crippen molar-refractivity contribution >= 4 is 11.6 Å². The van der Waals surface area contributed by atoms with E-state index in [1.165, 1.54) is 0 Å². The lowest BCUT2D eigenvalue weighted by molar-refractivity contribution is -0.0645. The van der Waals surface area contributed by atoms with Gasteiger partial charge in [-0.3, -0.25) is 0 Å². The van der Waals surface area contributed by atoms with E-state index < -0.39 is 0 Å². The fourth-order valence-electron chi connectivity index (χ4n) is 2.27. The molecule has 2 nitrogen and oxygen atoms in total. The van der Waals surface area contributed by atoms with Gasteiger partial charge in [-0.25, -0.2) is 0 Å². The van der Waals surface area contributed by atoms with Gasteiger partial charge in [-0.05, 0) is 37.5 Å². The van der Waals surface area contributed by atoms with Crippen LogP contribution in [-0.4, -0.2) is 12.2 Å². The molecular formula is C14H22ClNO. The zero-order chi connectivity index (χ0) is 12.9. The molecule has 0 aliphatic rings. The van der Waals surface area contributed by atoms with Gasteiger partial charge in [0.25, 0.3) is 0 Å². The predicted octanol–water partition coefficient (Wildman–Crippen LogP) is 3.94. The maximum Gasteiger partial charge on any atom is 0.0868 e. The van der Waals surface area contributed by atoms with Crippen molar-refractivity contribution in [2.75, 3.05) is 6.61 Å². The van der Waals surface area contributed by atoms with Crippen LogP contribution in [-0.2, 0) is 4.74 Å². The minimum Gasteiger partial charge on any atom is -0.373 e. The van der Waals surface area contributed by atoms with E-state index in [4.69, 9.17) is 22.1 Å². The maximum atomic E-state index is 6.37. The highest BCUT2D eigenvalue weighted by Crippen LogP contribution is 2.34. The second kappa shape index (κ2) is 6.39. The molecule has 0 aliphatic carbocycles. The predicted molar refractivity (Wildman–Crippen MR) is 73.3 cm³/mol. The molecule has 96 valence electrons. The number of hydrogen-bond acceptors (Lipinski definition) is 2. The summed E-state index contributed by atoms with van der Waals surface area (Å²) in [6.07, 6.45) is 1.79. The van der Waals surface area contributed by atoms with Crippen LogP contribution in [0.5, 0.6) is 0 Å². The van der Waals surface area contributed by atoms with Crippen molar-refractivity contribution in [3.8, 4) is 0 Å². The van der Waals surface area contributed by atoms with Crippen molar-refractivity contribution in [1.82, 2.24) is 0 Å². The summed E-state index contributed by atoms with van der Waals surface area (Å²) in [4.78, 5) is 0. The van der Waals surface area contributed by atoms with Gasteiger partial charge in [0.05, 0.1) is 11.6 Å². The van der Waals surface area contributed by atoms with E-state index in [9.17, 15) is 0 Å². The minimum atomic E-state index is -0.292. The molecule has 0 saturated carbocycles. The Morgan fingerprint density at radius 3 is 2.41 bits per heavy atom. The van der Waals surface area contributed by atoms with E-state index in [1.54, 1.807) is 0 Å². The Hall–Kier alpha value is -0.570. The van der Waals surface area contributed by atoms with Crippen LogP contribution in [0.15, 0.2) is 24.3 Å². The summed E-state index contributed by atoms with van der Waals surface area (Å²) in [5.74, 6) is 0. The molecule has 0 aliphatic heterocycles. The van der Waals surface area contributed by atoms with Gasteiger partial charge in [-0.2, -0.15) is 0 Å². The lowest BCUT2D eigenvalue weighted by Crippen LogP contribution is -2.43. The van der Waals surface area contributed by atoms with Gasteiger partial charge in [0.1, 0.15) is 0 Å². The van der Waals surface area contributed by atoms with E-state index in [2.05, 4.69) is 13.8 Å². The summed E-state index contributed by atoms with van der Waals surface area (Å²) in [5.41, 5.74) is 7.11. The number of hydrogen-bond donors (Lipinski definition) is 1. The Kier molecular flexibility index (Phi) is 5.44. The first kappa shape index (κ1) is 14.5. The average molecular weight is 256 g/mol. The number of rotatable bonds is 6. The Labute approximate surface area is 109 Å². The molecule has 0 bridgehead atoms. The summed E-state index contributed by atoms with van der Waals surface area (Å²) in [6, 6.07) is 7.58. The Morgan fingerprint density at radius 1 is 1.29 bits per heavy atom. The highest BCUT2D eigenvalue weighted by atomic mass is 35.5. The summed E-state index contributed by atoms with van der Waals surface area (Å²) in [5, 5.41) is 0.718. The molecule has 1 unspecified atom stereocenters. The van der Waals surface area contributed by atoms with E-state index in [1.807, 2.05) is 31.2 Å². The van der Waals surface area contributed by atoms with Crippen molar-refractivity contribution in [3.63, 3.8) is 0 Å². The van der Waals surface area contributed by atoms with E-state index in [0.29, 0.717) is 6.61 Å². The van der Waals surface area contributed by atoms with Gasteiger partial charge in [0, 0.05) is 11.6 Å². The van der Waals surface area contributed by atoms with Crippen molar-refractivity contribution in [1.29, 1.82) is 0 Å². The molecule has 2 N–H and O–H groups in total. The first-order valence-corrected chi connectivity index (χ1v) is 6.62. The molecule has 0 aromatic heterocycles. The summed E-state index contributed by atoms with van der Waals surface area (Å²) in [6.45, 7) is 6.91. The van der Waals surface area contributed by atoms with Crippen LogP contribution in [0.2, 0.25) is 5.02 Å². The number of nitrogens with two attached hydrogens (primary N) is 1. The number of benzene rings is 1. The standard InChI is InChI=1S/C14H22ClNO/c1-4-14(5-2,17-6-3)13(16)11-8-7-9-12(15)10-11/h7-10,13H,4-6,16H2,1-3H3. The molecule has 0 amide bonds. The Balaban J connectivity index is 3.02. The summed E-state index contributed by atoms with van der Waals surface area (Å²) < 4.78 is 5.92. The normalized spacial score (nSPS) is 13.7. The summed E-state index contributed by atoms with van der Waals surface area (Å²) in [7, 11) is 0. The highest BCUT2D eigenvalue weighted by molar-refractivity contribution is 6.30. The van der Waals surface area contributed by atoms with Gasteiger partial charge >= 0.3 is 0 Å². The van der Waals surface area contributed by atoms with Crippen molar-refractivity contribution < 1.29 is 4.74 Å². The molecular weight excluding hydrogens is 234 g/mol. The van der Waals surface area contributed by atoms with Gasteiger partial charge < -0.3 is 10.5 Å². The van der Waals surface area contributed by atoms with Crippen molar-refractivity contribution in [3.05, 3.63) is 34.9 Å². The van der Waals surface area contributed by atoms with Gasteiger partial charge in [-0.1, -0.05) is 37.6 Å². The van der Waals surface area contributed by atoms with E-state index in [0.717, 1.165) is 23.4 Å². The van der Waals surface area contributed by atoms with Crippen LogP contribution >= 0.6 is 11.6 Å². The average Bonchev–Trinajstić information content (AvgIpc) is 2.35. The molecule has 3 heteroatoms. The number of ether oxygens (including phenoxy) is 1. The Bertz CT molecular complexity index is 350. The summed E-state index contributed by atoms with van der Waals surface area (Å²) >= 11 is 6.01. The topological polar surface area (TPSA) is 35.2 Å². The zero-order valence-electron chi connectivity index (χ0n) is 10.9. The molecule has 0 saturated heterocycles. The third kappa shape index (κ3) is 3.21. The highest BCUT2D eigenvalue weighted by Gasteiger charge is 2.35. The lowest BCUT2D eigenvalue weighted by Gasteiger charge is -2.37. The van der Waals surface area contributed by atoms with Crippen molar-refractivity contribution in [2.24, 2.45) is 5.73 Å². The van der Waals surface area contributed by atoms with Crippen LogP contribution in [0, 0.1) is 0 Å². The third-order valence-corrected chi connectivity index (χ3v) is 3.64. The minimum absolute atomic E-state index is 0.142. The number of halogens is 1. The SMILES string of the molecule is CCOC(CC)(CC)C(N)c1cccc(Cl)c1. The third-order valence-electron chi connectivity index (χ3n) is 3.40. The van der Waals surface area contributed by atoms with Gasteiger partial charge in [0.15, 0.2) is 0 Å². The fraction of sp³-hybridized carbons (Fsp3) is 0.571. The fourth-order valence-corrected chi connectivity index (χ4v) is 2.47. The molecule has 0 spiro atoms. The first-order valence-electron chi connectivity index (χ1n) is 6.24. The van der Waals surface area contributed by atoms with E-state index >= 15 is 0 Å². The monoisotopic (exact) mass is 255 g/mol. The quantitative estimate of drug-likeness (QED) is 0.836. The smallest absolute Gasteiger partial charge is 0.0868 e. The molecule has 0 radical (unpaired) electrons. The molecule has 1 rings (SSSR count). The van der Waals surface area contributed by atoms with Gasteiger partial charge in [0.2, 0.25) is 0 Å². The van der Waals surface area contributed by atoms with Crippen LogP contribution < -0.4 is 5.73 Å². The second-order valence-corrected chi connectivity index (χ2v) is 4.67. The lowest BCUT2D eigenvalue weighted by atomic mass is 9.84. The molecule has 1 aromatic carbocycles. The van der Waals surface area contributed by atoms with Crippen LogP contribution in [0.4, 0.5) is 0 Å². The zero-order valence-corrected chi connectivity index (χ0v) is 11.6. The molecule has 0 heterocycles. The van der Waals surface area contributed by atoms with Crippen molar-refractivity contribution in [2.45, 2.75) is 45.3 Å². The maximum absolute atomic E-state index is 6.37. The molecule has 1 aromatic rings. The Morgan fingerprint density at radius 2 is 1.94 bits per heavy atom. The van der Waals surface area contributed by atoms with Crippen LogP contribution in [0.25, 0.3) is 0 Å². The molecule has 17 heavy (non-hydrogen) atoms. The first-order chi connectivity index (χ1) is 8.09. The van der Waals surface area contributed by atoms with Gasteiger partial charge in [-0.15, -0.1) is 0 Å². The van der Waals surface area contributed by atoms with Crippen LogP contribution in [0.1, 0.15) is 45.2 Å². The second-order valence-electron chi connectivity index (χ2n) is 4.24.